The molecule has 4 aromatic heterocycles. The number of alkyl halides is 9. The fraction of sp³-hybridized carbons (Fsp3) is 0.0722. The topological polar surface area (TPSA) is 87.2 Å². The van der Waals surface area contributed by atoms with Gasteiger partial charge in [0.2, 0.25) is 0 Å². The lowest BCUT2D eigenvalue weighted by Crippen LogP contribution is -2.07. The summed E-state index contributed by atoms with van der Waals surface area (Å²) in [6.45, 7) is 7.90. The van der Waals surface area contributed by atoms with Crippen LogP contribution in [0.15, 0.2) is 322 Å². The lowest BCUT2D eigenvalue weighted by atomic mass is 9.91. The molecule has 4 heterocycles. The van der Waals surface area contributed by atoms with Crippen LogP contribution in [0.25, 0.3) is 168 Å². The molecular formula is C97H65F9N8. The van der Waals surface area contributed by atoms with Gasteiger partial charge in [0.25, 0.3) is 0 Å². The van der Waals surface area contributed by atoms with E-state index in [4.69, 9.17) is 29.9 Å². The quantitative estimate of drug-likeness (QED) is 0.113. The number of hydrogen-bond acceptors (Lipinski definition) is 6. The van der Waals surface area contributed by atoms with Crippen molar-refractivity contribution in [1.29, 1.82) is 0 Å². The van der Waals surface area contributed by atoms with Crippen LogP contribution in [0, 0.1) is 27.7 Å². The van der Waals surface area contributed by atoms with Crippen molar-refractivity contribution in [3.8, 4) is 124 Å². The van der Waals surface area contributed by atoms with Crippen LogP contribution >= 0.6 is 0 Å². The number of benzene rings is 14. The Labute approximate surface area is 649 Å². The third kappa shape index (κ3) is 14.3. The normalized spacial score (nSPS) is 11.9. The molecule has 0 atom stereocenters. The van der Waals surface area contributed by atoms with Crippen molar-refractivity contribution in [2.75, 3.05) is 0 Å². The number of aryl methyl sites for hydroxylation is 4. The predicted octanol–water partition coefficient (Wildman–Crippen LogP) is 26.9. The number of nitrogens with zero attached hydrogens (tertiary/aromatic N) is 8. The molecule has 0 fully saturated rings. The molecule has 8 nitrogen and oxygen atoms in total. The van der Waals surface area contributed by atoms with Gasteiger partial charge in [-0.3, -0.25) is 0 Å². The summed E-state index contributed by atoms with van der Waals surface area (Å²) in [7, 11) is 0. The smallest absolute Gasteiger partial charge is 0.308 e. The zero-order chi connectivity index (χ0) is 78.7. The van der Waals surface area contributed by atoms with Gasteiger partial charge in [0.15, 0.2) is 34.9 Å². The second-order valence-electron chi connectivity index (χ2n) is 28.3. The van der Waals surface area contributed by atoms with Crippen molar-refractivity contribution in [2.24, 2.45) is 0 Å². The van der Waals surface area contributed by atoms with Gasteiger partial charge in [0.05, 0.1) is 50.1 Å². The molecule has 0 amide bonds. The summed E-state index contributed by atoms with van der Waals surface area (Å²) >= 11 is 0. The summed E-state index contributed by atoms with van der Waals surface area (Å²) in [5.41, 5.74) is 14.6. The highest BCUT2D eigenvalue weighted by Crippen LogP contribution is 2.49. The number of hydrogen-bond donors (Lipinski definition) is 0. The molecule has 0 unspecified atom stereocenters. The second-order valence-corrected chi connectivity index (χ2v) is 28.3. The Bertz CT molecular complexity index is 6620. The molecule has 14 aromatic carbocycles. The average Bonchev–Trinajstić information content (AvgIpc) is 1.57. The van der Waals surface area contributed by atoms with Gasteiger partial charge in [-0.2, -0.15) is 39.5 Å². The van der Waals surface area contributed by atoms with Crippen molar-refractivity contribution in [2.45, 2.75) is 46.2 Å². The van der Waals surface area contributed by atoms with Gasteiger partial charge in [-0.1, -0.05) is 247 Å². The van der Waals surface area contributed by atoms with Crippen molar-refractivity contribution >= 4 is 43.6 Å². The second kappa shape index (κ2) is 29.4. The molecule has 0 bridgehead atoms. The Balaban J connectivity index is 0.000000165. The molecule has 556 valence electrons. The van der Waals surface area contributed by atoms with Crippen molar-refractivity contribution in [3.05, 3.63) is 360 Å². The molecule has 18 rings (SSSR count). The summed E-state index contributed by atoms with van der Waals surface area (Å²) in [5.74, 6) is 2.45. The van der Waals surface area contributed by atoms with Crippen LogP contribution < -0.4 is 0 Å². The van der Waals surface area contributed by atoms with E-state index in [-0.39, 0.29) is 11.4 Å². The molecule has 0 spiro atoms. The van der Waals surface area contributed by atoms with Gasteiger partial charge in [0.1, 0.15) is 0 Å². The van der Waals surface area contributed by atoms with Gasteiger partial charge < -0.3 is 9.13 Å². The predicted molar refractivity (Wildman–Crippen MR) is 437 cm³/mol. The number of para-hydroxylation sites is 1. The highest BCUT2D eigenvalue weighted by atomic mass is 19.4. The number of fused-ring (bicyclic) bond motifs is 6. The van der Waals surface area contributed by atoms with E-state index in [1.165, 1.54) is 24.3 Å². The van der Waals surface area contributed by atoms with Gasteiger partial charge in [-0.05, 0) is 147 Å². The molecule has 17 heteroatoms. The third-order valence-corrected chi connectivity index (χ3v) is 20.3. The maximum absolute atomic E-state index is 14.5. The third-order valence-electron chi connectivity index (χ3n) is 20.3. The van der Waals surface area contributed by atoms with E-state index in [0.29, 0.717) is 90.0 Å². The first kappa shape index (κ1) is 72.9. The molecule has 0 aliphatic heterocycles. The monoisotopic (exact) mass is 1510 g/mol. The van der Waals surface area contributed by atoms with Gasteiger partial charge in [-0.25, -0.2) is 29.9 Å². The van der Waals surface area contributed by atoms with Gasteiger partial charge in [-0.15, -0.1) is 0 Å². The fourth-order valence-electron chi connectivity index (χ4n) is 15.0. The standard InChI is InChI=1S/C49H32F6N4.C48H33F3N4/c1-29-11-9-16-33(23-29)38-26-35(47-57-45(31-12-5-3-6-13-31)56-46(58-47)32-14-7-4-8-15-32)27-39(34-17-10-18-36(25-34)48(50,51)52)44(38)59-42-21-19-30(2)24-40(42)41-28-37(49(53,54)55)20-22-43(41)59;1-30-13-11-18-34(25-30)39-28-36(47-53-45(32-14-5-3-6-15-32)52-46(54-47)33-16-7-4-8-17-33)29-40(35-19-12-20-37(27-35)48(49,50)51)44(39)55-42-22-10-9-21-38(42)41-26-31(2)23-24-43(41)55/h3-28H,1-2H3;3-29H,1-2H3. The summed E-state index contributed by atoms with van der Waals surface area (Å²) in [4.78, 5) is 29.7. The van der Waals surface area contributed by atoms with E-state index in [0.717, 1.165) is 119 Å². The Morgan fingerprint density at radius 1 is 0.202 bits per heavy atom. The Kier molecular flexibility index (Phi) is 18.8. The maximum Gasteiger partial charge on any atom is 0.416 e. The molecule has 0 aliphatic carbocycles. The van der Waals surface area contributed by atoms with Crippen molar-refractivity contribution < 1.29 is 39.5 Å². The summed E-state index contributed by atoms with van der Waals surface area (Å²) in [6, 6.07) is 96.1. The van der Waals surface area contributed by atoms with Gasteiger partial charge >= 0.3 is 18.5 Å². The maximum atomic E-state index is 14.5. The van der Waals surface area contributed by atoms with Crippen LogP contribution in [0.4, 0.5) is 39.5 Å². The SMILES string of the molecule is Cc1cccc(-c2cc(-c3nc(-c4ccccc4)nc(-c4ccccc4)n3)cc(-c3cccc(C(F)(F)F)c3)c2-n2c3ccc(C)cc3c3cc(C(F)(F)F)ccc32)c1.Cc1cccc(-c2cc(-c3nc(-c4ccccc4)nc(-c4ccccc4)n3)cc(-c3cccc(C(F)(F)F)c3)c2-n2c3ccccc3c3cc(C)ccc32)c1. The first-order valence-corrected chi connectivity index (χ1v) is 36.8. The zero-order valence-corrected chi connectivity index (χ0v) is 61.6. The van der Waals surface area contributed by atoms with E-state index >= 15 is 0 Å². The van der Waals surface area contributed by atoms with E-state index in [2.05, 4.69) is 54.0 Å². The molecule has 0 radical (unpaired) electrons. The number of halogens is 9. The van der Waals surface area contributed by atoms with E-state index in [1.54, 1.807) is 18.2 Å². The molecule has 0 N–H and O–H groups in total. The zero-order valence-electron chi connectivity index (χ0n) is 61.6. The molecular weight excluding hydrogens is 1450 g/mol. The molecule has 0 aliphatic rings. The lowest BCUT2D eigenvalue weighted by Gasteiger charge is -2.22. The van der Waals surface area contributed by atoms with Gasteiger partial charge in [0, 0.05) is 77.2 Å². The first-order chi connectivity index (χ1) is 55.0. The van der Waals surface area contributed by atoms with E-state index in [9.17, 15) is 39.5 Å². The van der Waals surface area contributed by atoms with E-state index in [1.807, 2.05) is 232 Å². The number of rotatable bonds is 12. The minimum atomic E-state index is -4.66. The lowest BCUT2D eigenvalue weighted by molar-refractivity contribution is -0.138. The Morgan fingerprint density at radius 3 is 0.816 bits per heavy atom. The van der Waals surface area contributed by atoms with Crippen molar-refractivity contribution in [1.82, 2.24) is 39.0 Å². The molecule has 114 heavy (non-hydrogen) atoms. The average molecular weight is 1510 g/mol. The Hall–Kier alpha value is -13.9. The number of aromatic nitrogens is 8. The first-order valence-electron chi connectivity index (χ1n) is 36.8. The molecule has 0 saturated heterocycles. The van der Waals surface area contributed by atoms with Crippen LogP contribution in [0.1, 0.15) is 38.9 Å². The highest BCUT2D eigenvalue weighted by Gasteiger charge is 2.35. The minimum Gasteiger partial charge on any atom is -0.308 e. The van der Waals surface area contributed by atoms with E-state index < -0.39 is 35.2 Å². The highest BCUT2D eigenvalue weighted by molar-refractivity contribution is 6.13. The summed E-state index contributed by atoms with van der Waals surface area (Å²) in [6.07, 6.45) is -13.8. The van der Waals surface area contributed by atoms with Crippen LogP contribution in [0.5, 0.6) is 0 Å². The summed E-state index contributed by atoms with van der Waals surface area (Å²) < 4.78 is 133. The molecule has 18 aromatic rings. The van der Waals surface area contributed by atoms with Crippen molar-refractivity contribution in [3.63, 3.8) is 0 Å². The minimum absolute atomic E-state index is 0.236. The Morgan fingerprint density at radius 2 is 0.465 bits per heavy atom. The van der Waals surface area contributed by atoms with Crippen LogP contribution in [-0.2, 0) is 18.5 Å². The largest absolute Gasteiger partial charge is 0.416 e. The van der Waals surface area contributed by atoms with Crippen LogP contribution in [0.2, 0.25) is 0 Å². The van der Waals surface area contributed by atoms with Crippen LogP contribution in [0.3, 0.4) is 0 Å². The summed E-state index contributed by atoms with van der Waals surface area (Å²) in [5, 5.41) is 3.03. The van der Waals surface area contributed by atoms with Crippen LogP contribution in [-0.4, -0.2) is 39.0 Å². The fourth-order valence-corrected chi connectivity index (χ4v) is 15.0. The molecule has 0 saturated carbocycles.